The van der Waals surface area contributed by atoms with Crippen LogP contribution in [0.25, 0.3) is 16.6 Å². The lowest BCUT2D eigenvalue weighted by atomic mass is 10.2. The minimum Gasteiger partial charge on any atom is -0.264 e. The van der Waals surface area contributed by atoms with Gasteiger partial charge in [0.25, 0.3) is 0 Å². The van der Waals surface area contributed by atoms with E-state index in [0.29, 0.717) is 5.69 Å². The molecular formula is C17H12F3N5. The van der Waals surface area contributed by atoms with Gasteiger partial charge < -0.3 is 0 Å². The molecule has 25 heavy (non-hydrogen) atoms. The number of alkyl halides is 3. The standard InChI is InChI=1S/C17H12F3N5/c18-17(19,20)16-14-10-21-8-6-15(14)23-25(16)11-12-7-9-24(22-12)13-4-2-1-3-5-13/h1-10H,11H2. The van der Waals surface area contributed by atoms with Gasteiger partial charge in [0.2, 0.25) is 0 Å². The first-order valence-electron chi connectivity index (χ1n) is 7.50. The monoisotopic (exact) mass is 343 g/mol. The molecule has 4 aromatic rings. The van der Waals surface area contributed by atoms with Crippen LogP contribution in [-0.4, -0.2) is 24.5 Å². The molecule has 4 rings (SSSR count). The van der Waals surface area contributed by atoms with Crippen LogP contribution in [0.5, 0.6) is 0 Å². The predicted molar refractivity (Wildman–Crippen MR) is 85.2 cm³/mol. The van der Waals surface area contributed by atoms with E-state index in [1.54, 1.807) is 16.9 Å². The minimum absolute atomic E-state index is 0.0162. The fourth-order valence-electron chi connectivity index (χ4n) is 2.71. The maximum atomic E-state index is 13.5. The molecule has 1 aromatic carbocycles. The van der Waals surface area contributed by atoms with Crippen molar-refractivity contribution in [3.63, 3.8) is 0 Å². The molecule has 0 amide bonds. The molecule has 0 radical (unpaired) electrons. The topological polar surface area (TPSA) is 48.5 Å². The second kappa shape index (κ2) is 5.73. The second-order valence-corrected chi connectivity index (χ2v) is 5.48. The van der Waals surface area contributed by atoms with Crippen LogP contribution in [0.4, 0.5) is 13.2 Å². The van der Waals surface area contributed by atoms with Crippen molar-refractivity contribution >= 4 is 10.9 Å². The number of benzene rings is 1. The summed E-state index contributed by atoms with van der Waals surface area (Å²) in [5.74, 6) is 0. The Morgan fingerprint density at radius 1 is 0.960 bits per heavy atom. The summed E-state index contributed by atoms with van der Waals surface area (Å²) in [7, 11) is 0. The largest absolute Gasteiger partial charge is 0.433 e. The first kappa shape index (κ1) is 15.4. The summed E-state index contributed by atoms with van der Waals surface area (Å²) in [5.41, 5.74) is 0.754. The van der Waals surface area contributed by atoms with Gasteiger partial charge in [0.15, 0.2) is 5.69 Å². The summed E-state index contributed by atoms with van der Waals surface area (Å²) in [4.78, 5) is 3.78. The summed E-state index contributed by atoms with van der Waals surface area (Å²) >= 11 is 0. The van der Waals surface area contributed by atoms with Gasteiger partial charge in [-0.05, 0) is 24.3 Å². The zero-order valence-electron chi connectivity index (χ0n) is 12.9. The molecule has 0 saturated carbocycles. The maximum absolute atomic E-state index is 13.5. The Labute approximate surface area is 140 Å². The Morgan fingerprint density at radius 2 is 1.76 bits per heavy atom. The highest BCUT2D eigenvalue weighted by Gasteiger charge is 2.37. The van der Waals surface area contributed by atoms with E-state index in [0.717, 1.165) is 10.4 Å². The molecule has 0 bridgehead atoms. The SMILES string of the molecule is FC(F)(F)c1c2cnccc2nn1Cc1ccn(-c2ccccc2)n1. The molecule has 126 valence electrons. The predicted octanol–water partition coefficient (Wildman–Crippen LogP) is 3.68. The van der Waals surface area contributed by atoms with Crippen LogP contribution >= 0.6 is 0 Å². The third-order valence-electron chi connectivity index (χ3n) is 3.79. The number of para-hydroxylation sites is 1. The Hall–Kier alpha value is -3.16. The molecule has 0 aliphatic carbocycles. The molecule has 0 aliphatic heterocycles. The van der Waals surface area contributed by atoms with Crippen molar-refractivity contribution in [1.82, 2.24) is 24.5 Å². The van der Waals surface area contributed by atoms with Crippen LogP contribution in [0.2, 0.25) is 0 Å². The first-order valence-corrected chi connectivity index (χ1v) is 7.50. The highest BCUT2D eigenvalue weighted by Crippen LogP contribution is 2.34. The van der Waals surface area contributed by atoms with Crippen LogP contribution in [0, 0.1) is 0 Å². The van der Waals surface area contributed by atoms with Gasteiger partial charge in [-0.1, -0.05) is 18.2 Å². The first-order chi connectivity index (χ1) is 12.0. The third kappa shape index (κ3) is 2.86. The van der Waals surface area contributed by atoms with Crippen molar-refractivity contribution in [2.75, 3.05) is 0 Å². The van der Waals surface area contributed by atoms with Crippen molar-refractivity contribution in [3.05, 3.63) is 72.4 Å². The Bertz CT molecular complexity index is 1020. The lowest BCUT2D eigenvalue weighted by Crippen LogP contribution is -2.16. The molecule has 0 saturated heterocycles. The summed E-state index contributed by atoms with van der Waals surface area (Å²) in [5, 5.41) is 8.39. The molecule has 0 aliphatic rings. The molecule has 0 fully saturated rings. The zero-order chi connectivity index (χ0) is 17.4. The highest BCUT2D eigenvalue weighted by molar-refractivity contribution is 5.80. The third-order valence-corrected chi connectivity index (χ3v) is 3.79. The molecule has 3 aromatic heterocycles. The van der Waals surface area contributed by atoms with Gasteiger partial charge in [-0.25, -0.2) is 4.68 Å². The quantitative estimate of drug-likeness (QED) is 0.570. The number of hydrogen-bond acceptors (Lipinski definition) is 3. The van der Waals surface area contributed by atoms with Crippen LogP contribution in [-0.2, 0) is 12.7 Å². The Morgan fingerprint density at radius 3 is 2.52 bits per heavy atom. The number of halogens is 3. The molecular weight excluding hydrogens is 331 g/mol. The summed E-state index contributed by atoms with van der Waals surface area (Å²) < 4.78 is 43.0. The van der Waals surface area contributed by atoms with Crippen molar-refractivity contribution in [3.8, 4) is 5.69 Å². The number of rotatable bonds is 3. The molecule has 3 heterocycles. The van der Waals surface area contributed by atoms with Gasteiger partial charge in [-0.3, -0.25) is 9.67 Å². The van der Waals surface area contributed by atoms with Crippen LogP contribution in [0.1, 0.15) is 11.4 Å². The fraction of sp³-hybridized carbons (Fsp3) is 0.118. The average Bonchev–Trinajstić information content (AvgIpc) is 3.19. The Balaban J connectivity index is 1.73. The van der Waals surface area contributed by atoms with Crippen molar-refractivity contribution in [2.45, 2.75) is 12.7 Å². The number of pyridine rings is 1. The van der Waals surface area contributed by atoms with Crippen molar-refractivity contribution < 1.29 is 13.2 Å². The van der Waals surface area contributed by atoms with E-state index in [4.69, 9.17) is 0 Å². The van der Waals surface area contributed by atoms with Crippen LogP contribution in [0.15, 0.2) is 61.1 Å². The number of hydrogen-bond donors (Lipinski definition) is 0. The summed E-state index contributed by atoms with van der Waals surface area (Å²) in [6.07, 6.45) is -0.212. The highest BCUT2D eigenvalue weighted by atomic mass is 19.4. The van der Waals surface area contributed by atoms with Crippen LogP contribution in [0.3, 0.4) is 0 Å². The smallest absolute Gasteiger partial charge is 0.264 e. The average molecular weight is 343 g/mol. The second-order valence-electron chi connectivity index (χ2n) is 5.48. The van der Waals surface area contributed by atoms with E-state index in [-0.39, 0.29) is 17.4 Å². The number of nitrogens with zero attached hydrogens (tertiary/aromatic N) is 5. The van der Waals surface area contributed by atoms with Gasteiger partial charge in [0.1, 0.15) is 0 Å². The van der Waals surface area contributed by atoms with E-state index in [1.807, 2.05) is 30.3 Å². The Kier molecular flexibility index (Phi) is 3.52. The van der Waals surface area contributed by atoms with Crippen molar-refractivity contribution in [2.24, 2.45) is 0 Å². The van der Waals surface area contributed by atoms with E-state index < -0.39 is 11.9 Å². The molecule has 0 spiro atoms. The van der Waals surface area contributed by atoms with E-state index >= 15 is 0 Å². The maximum Gasteiger partial charge on any atom is 0.433 e. The lowest BCUT2D eigenvalue weighted by Gasteiger charge is -2.09. The van der Waals surface area contributed by atoms with E-state index in [1.165, 1.54) is 18.5 Å². The molecule has 0 atom stereocenters. The zero-order valence-corrected chi connectivity index (χ0v) is 12.9. The molecule has 8 heteroatoms. The van der Waals surface area contributed by atoms with Gasteiger partial charge >= 0.3 is 6.18 Å². The lowest BCUT2D eigenvalue weighted by molar-refractivity contribution is -0.142. The number of fused-ring (bicyclic) bond motifs is 1. The molecule has 5 nitrogen and oxygen atoms in total. The normalized spacial score (nSPS) is 12.0. The van der Waals surface area contributed by atoms with Gasteiger partial charge in [0, 0.05) is 18.6 Å². The summed E-state index contributed by atoms with van der Waals surface area (Å²) in [6, 6.07) is 12.5. The van der Waals surface area contributed by atoms with E-state index in [9.17, 15) is 13.2 Å². The minimum atomic E-state index is -4.53. The fourth-order valence-corrected chi connectivity index (χ4v) is 2.71. The van der Waals surface area contributed by atoms with Crippen LogP contribution < -0.4 is 0 Å². The van der Waals surface area contributed by atoms with Gasteiger partial charge in [-0.15, -0.1) is 0 Å². The van der Waals surface area contributed by atoms with Crippen molar-refractivity contribution in [1.29, 1.82) is 0 Å². The van der Waals surface area contributed by atoms with Gasteiger partial charge in [0.05, 0.1) is 28.8 Å². The molecule has 0 N–H and O–H groups in total. The summed E-state index contributed by atoms with van der Waals surface area (Å²) in [6.45, 7) is -0.0800. The van der Waals surface area contributed by atoms with E-state index in [2.05, 4.69) is 15.2 Å². The number of aromatic nitrogens is 5. The molecule has 0 unspecified atom stereocenters. The van der Waals surface area contributed by atoms with Gasteiger partial charge in [-0.2, -0.15) is 23.4 Å².